The molecule has 7 heteroatoms. The van der Waals surface area contributed by atoms with Crippen LogP contribution >= 0.6 is 0 Å². The molecule has 0 bridgehead atoms. The standard InChI is InChI=1S/C10H11NO6/c1-15-6-2-8(11(13)14)10-9(3-6)17-7(4-12)5-16-10/h2-3,7,12H,4-5H2,1H3/t7-/m0/s1. The van der Waals surface area contributed by atoms with Gasteiger partial charge in [0.2, 0.25) is 5.75 Å². The average Bonchev–Trinajstić information content (AvgIpc) is 2.36. The van der Waals surface area contributed by atoms with Crippen molar-refractivity contribution in [2.75, 3.05) is 20.3 Å². The number of methoxy groups -OCH3 is 1. The summed E-state index contributed by atoms with van der Waals surface area (Å²) in [5, 5.41) is 19.8. The Kier molecular flexibility index (Phi) is 3.01. The lowest BCUT2D eigenvalue weighted by atomic mass is 10.2. The van der Waals surface area contributed by atoms with Crippen molar-refractivity contribution in [1.82, 2.24) is 0 Å². The third-order valence-corrected chi connectivity index (χ3v) is 2.35. The first kappa shape index (κ1) is 11.5. The van der Waals surface area contributed by atoms with E-state index in [1.165, 1.54) is 19.2 Å². The first-order valence-corrected chi connectivity index (χ1v) is 4.92. The normalized spacial score (nSPS) is 17.6. The molecule has 0 fully saturated rings. The zero-order chi connectivity index (χ0) is 12.4. The highest BCUT2D eigenvalue weighted by molar-refractivity contribution is 5.60. The highest BCUT2D eigenvalue weighted by Crippen LogP contribution is 2.43. The van der Waals surface area contributed by atoms with Gasteiger partial charge in [0.1, 0.15) is 12.4 Å². The van der Waals surface area contributed by atoms with Gasteiger partial charge in [0, 0.05) is 6.07 Å². The van der Waals surface area contributed by atoms with Crippen molar-refractivity contribution in [1.29, 1.82) is 0 Å². The Bertz CT molecular complexity index is 447. The molecular formula is C10H11NO6. The van der Waals surface area contributed by atoms with Crippen molar-refractivity contribution in [3.8, 4) is 17.2 Å². The Morgan fingerprint density at radius 1 is 1.65 bits per heavy atom. The monoisotopic (exact) mass is 241 g/mol. The molecule has 1 heterocycles. The van der Waals surface area contributed by atoms with E-state index >= 15 is 0 Å². The molecule has 1 atom stereocenters. The summed E-state index contributed by atoms with van der Waals surface area (Å²) in [6.45, 7) is -0.138. The van der Waals surface area contributed by atoms with Crippen LogP contribution in [-0.4, -0.2) is 36.5 Å². The van der Waals surface area contributed by atoms with Crippen molar-refractivity contribution in [3.63, 3.8) is 0 Å². The molecule has 17 heavy (non-hydrogen) atoms. The number of nitro benzene ring substituents is 1. The molecule has 1 aliphatic rings. The predicted molar refractivity (Wildman–Crippen MR) is 56.6 cm³/mol. The molecule has 0 radical (unpaired) electrons. The van der Waals surface area contributed by atoms with Gasteiger partial charge in [0.05, 0.1) is 24.7 Å². The number of fused-ring (bicyclic) bond motifs is 1. The van der Waals surface area contributed by atoms with Crippen LogP contribution in [0.2, 0.25) is 0 Å². The van der Waals surface area contributed by atoms with Gasteiger partial charge in [0.15, 0.2) is 11.9 Å². The molecule has 0 spiro atoms. The third kappa shape index (κ3) is 2.09. The van der Waals surface area contributed by atoms with Gasteiger partial charge >= 0.3 is 5.69 Å². The van der Waals surface area contributed by atoms with Crippen LogP contribution in [-0.2, 0) is 0 Å². The fraction of sp³-hybridized carbons (Fsp3) is 0.400. The molecule has 0 aromatic heterocycles. The fourth-order valence-corrected chi connectivity index (χ4v) is 1.53. The van der Waals surface area contributed by atoms with E-state index in [1.807, 2.05) is 0 Å². The minimum absolute atomic E-state index is 0.0699. The predicted octanol–water partition coefficient (Wildman–Crippen LogP) is 0.736. The topological polar surface area (TPSA) is 91.1 Å². The lowest BCUT2D eigenvalue weighted by molar-refractivity contribution is -0.386. The smallest absolute Gasteiger partial charge is 0.318 e. The van der Waals surface area contributed by atoms with Crippen molar-refractivity contribution in [2.45, 2.75) is 6.10 Å². The molecule has 1 aliphatic heterocycles. The van der Waals surface area contributed by atoms with Crippen molar-refractivity contribution in [2.24, 2.45) is 0 Å². The second kappa shape index (κ2) is 4.46. The van der Waals surface area contributed by atoms with Crippen LogP contribution in [0, 0.1) is 10.1 Å². The highest BCUT2D eigenvalue weighted by atomic mass is 16.6. The number of aliphatic hydroxyl groups excluding tert-OH is 1. The molecule has 0 unspecified atom stereocenters. The second-order valence-corrected chi connectivity index (χ2v) is 3.46. The Morgan fingerprint density at radius 3 is 3.00 bits per heavy atom. The van der Waals surface area contributed by atoms with E-state index < -0.39 is 11.0 Å². The summed E-state index contributed by atoms with van der Waals surface area (Å²) in [5.74, 6) is 0.583. The number of ether oxygens (including phenoxy) is 3. The van der Waals surface area contributed by atoms with Gasteiger partial charge in [-0.05, 0) is 0 Å². The number of hydrogen-bond donors (Lipinski definition) is 1. The van der Waals surface area contributed by atoms with Crippen LogP contribution < -0.4 is 14.2 Å². The summed E-state index contributed by atoms with van der Waals surface area (Å²) >= 11 is 0. The average molecular weight is 241 g/mol. The lowest BCUT2D eigenvalue weighted by Crippen LogP contribution is -2.32. The first-order valence-electron chi connectivity index (χ1n) is 4.92. The van der Waals surface area contributed by atoms with Gasteiger partial charge in [-0.25, -0.2) is 0 Å². The molecule has 7 nitrogen and oxygen atoms in total. The summed E-state index contributed by atoms with van der Waals surface area (Å²) in [6, 6.07) is 2.76. The van der Waals surface area contributed by atoms with E-state index in [0.29, 0.717) is 5.75 Å². The van der Waals surface area contributed by atoms with Crippen molar-refractivity contribution in [3.05, 3.63) is 22.2 Å². The van der Waals surface area contributed by atoms with Gasteiger partial charge in [-0.1, -0.05) is 0 Å². The van der Waals surface area contributed by atoms with E-state index in [4.69, 9.17) is 19.3 Å². The maximum absolute atomic E-state index is 10.9. The van der Waals surface area contributed by atoms with E-state index in [2.05, 4.69) is 0 Å². The molecule has 92 valence electrons. The summed E-state index contributed by atoms with van der Waals surface area (Å²) < 4.78 is 15.5. The Balaban J connectivity index is 2.46. The largest absolute Gasteiger partial charge is 0.496 e. The Hall–Kier alpha value is -2.02. The number of rotatable bonds is 3. The summed E-state index contributed by atoms with van der Waals surface area (Å²) in [5.41, 5.74) is -0.212. The van der Waals surface area contributed by atoms with Crippen molar-refractivity contribution >= 4 is 5.69 Å². The van der Waals surface area contributed by atoms with Crippen LogP contribution in [0.1, 0.15) is 0 Å². The van der Waals surface area contributed by atoms with Gasteiger partial charge in [0.25, 0.3) is 0 Å². The Morgan fingerprint density at radius 2 is 2.41 bits per heavy atom. The van der Waals surface area contributed by atoms with Crippen LogP contribution in [0.15, 0.2) is 12.1 Å². The maximum Gasteiger partial charge on any atom is 0.318 e. The third-order valence-electron chi connectivity index (χ3n) is 2.35. The number of nitrogens with zero attached hydrogens (tertiary/aromatic N) is 1. The molecule has 1 aromatic carbocycles. The zero-order valence-corrected chi connectivity index (χ0v) is 9.08. The van der Waals surface area contributed by atoms with E-state index in [0.717, 1.165) is 0 Å². The molecule has 1 aromatic rings. The molecule has 0 aliphatic carbocycles. The van der Waals surface area contributed by atoms with Crippen molar-refractivity contribution < 1.29 is 24.2 Å². The quantitative estimate of drug-likeness (QED) is 0.619. The summed E-state index contributed by atoms with van der Waals surface area (Å²) in [6.07, 6.45) is -0.519. The van der Waals surface area contributed by atoms with Gasteiger partial charge < -0.3 is 19.3 Å². The first-order chi connectivity index (χ1) is 8.15. The minimum atomic E-state index is -0.565. The maximum atomic E-state index is 10.9. The molecule has 0 saturated carbocycles. The van der Waals surface area contributed by atoms with Gasteiger partial charge in [-0.3, -0.25) is 10.1 Å². The number of benzene rings is 1. The fourth-order valence-electron chi connectivity index (χ4n) is 1.53. The van der Waals surface area contributed by atoms with Crippen LogP contribution in [0.3, 0.4) is 0 Å². The SMILES string of the molecule is COc1cc2c(c([N+](=O)[O-])c1)OC[C@H](CO)O2. The summed E-state index contributed by atoms with van der Waals surface area (Å²) in [4.78, 5) is 10.3. The van der Waals surface area contributed by atoms with Crippen LogP contribution in [0.25, 0.3) is 0 Å². The van der Waals surface area contributed by atoms with E-state index in [9.17, 15) is 10.1 Å². The van der Waals surface area contributed by atoms with Crippen LogP contribution in [0.5, 0.6) is 17.2 Å². The van der Waals surface area contributed by atoms with Crippen LogP contribution in [0.4, 0.5) is 5.69 Å². The highest BCUT2D eigenvalue weighted by Gasteiger charge is 2.29. The second-order valence-electron chi connectivity index (χ2n) is 3.46. The molecule has 0 amide bonds. The Labute approximate surface area is 96.7 Å². The van der Waals surface area contributed by atoms with Gasteiger partial charge in [-0.15, -0.1) is 0 Å². The van der Waals surface area contributed by atoms with Gasteiger partial charge in [-0.2, -0.15) is 0 Å². The molecular weight excluding hydrogens is 230 g/mol. The molecule has 0 saturated heterocycles. The number of hydrogen-bond acceptors (Lipinski definition) is 6. The number of nitro groups is 1. The molecule has 1 N–H and O–H groups in total. The zero-order valence-electron chi connectivity index (χ0n) is 9.08. The molecule has 2 rings (SSSR count). The lowest BCUT2D eigenvalue weighted by Gasteiger charge is -2.25. The van der Waals surface area contributed by atoms with E-state index in [1.54, 1.807) is 0 Å². The minimum Gasteiger partial charge on any atom is -0.496 e. The summed E-state index contributed by atoms with van der Waals surface area (Å²) in [7, 11) is 1.40. The number of aliphatic hydroxyl groups is 1. The van der Waals surface area contributed by atoms with E-state index in [-0.39, 0.29) is 30.4 Å².